The topological polar surface area (TPSA) is 66.0 Å². The average molecular weight is 232 g/mol. The molecule has 3 N–H and O–H groups in total. The Balaban J connectivity index is 2.14. The number of pyridine rings is 1. The summed E-state index contributed by atoms with van der Waals surface area (Å²) < 4.78 is 0. The van der Waals surface area contributed by atoms with Crippen molar-refractivity contribution in [1.82, 2.24) is 4.98 Å². The van der Waals surface area contributed by atoms with E-state index in [1.165, 1.54) is 17.7 Å². The van der Waals surface area contributed by atoms with Gasteiger partial charge in [0.15, 0.2) is 0 Å². The quantitative estimate of drug-likeness (QED) is 0.613. The van der Waals surface area contributed by atoms with Crippen LogP contribution in [0.2, 0.25) is 0 Å². The van der Waals surface area contributed by atoms with E-state index >= 15 is 0 Å². The molecule has 1 aliphatic carbocycles. The molecule has 4 heteroatoms. The Kier molecular flexibility index (Phi) is 3.31. The fourth-order valence-corrected chi connectivity index (χ4v) is 2.29. The summed E-state index contributed by atoms with van der Waals surface area (Å²) in [5, 5.41) is 7.33. The van der Waals surface area contributed by atoms with Crippen LogP contribution in [0.15, 0.2) is 12.1 Å². The van der Waals surface area contributed by atoms with Gasteiger partial charge in [0.2, 0.25) is 0 Å². The molecule has 0 bridgehead atoms. The predicted molar refractivity (Wildman–Crippen MR) is 70.7 cm³/mol. The minimum atomic E-state index is 0.208. The van der Waals surface area contributed by atoms with Gasteiger partial charge in [-0.05, 0) is 37.8 Å². The van der Waals surface area contributed by atoms with E-state index in [9.17, 15) is 0 Å². The number of anilines is 1. The van der Waals surface area contributed by atoms with Crippen molar-refractivity contribution in [1.29, 1.82) is 5.41 Å². The van der Waals surface area contributed by atoms with Crippen molar-refractivity contribution < 1.29 is 0 Å². The number of nitrogens with two attached hydrogens (primary N) is 1. The molecule has 1 aromatic heterocycles. The summed E-state index contributed by atoms with van der Waals surface area (Å²) >= 11 is 0. The van der Waals surface area contributed by atoms with Gasteiger partial charge in [0, 0.05) is 25.2 Å². The lowest BCUT2D eigenvalue weighted by Gasteiger charge is -2.26. The molecule has 1 aliphatic rings. The first kappa shape index (κ1) is 11.9. The van der Waals surface area contributed by atoms with Crippen molar-refractivity contribution in [2.24, 2.45) is 5.73 Å². The second kappa shape index (κ2) is 4.73. The zero-order valence-electron chi connectivity index (χ0n) is 10.5. The summed E-state index contributed by atoms with van der Waals surface area (Å²) in [6, 6.07) is 4.46. The SMILES string of the molecule is CC(CC(=N)N)N(C)c1ccc2c(n1)CCC2. The van der Waals surface area contributed by atoms with E-state index in [4.69, 9.17) is 16.1 Å². The maximum absolute atomic E-state index is 7.33. The van der Waals surface area contributed by atoms with Crippen molar-refractivity contribution in [2.45, 2.75) is 38.6 Å². The summed E-state index contributed by atoms with van der Waals surface area (Å²) in [5.74, 6) is 1.21. The summed E-state index contributed by atoms with van der Waals surface area (Å²) in [6.07, 6.45) is 4.06. The highest BCUT2D eigenvalue weighted by molar-refractivity contribution is 5.77. The normalized spacial score (nSPS) is 15.4. The van der Waals surface area contributed by atoms with Gasteiger partial charge in [-0.15, -0.1) is 0 Å². The van der Waals surface area contributed by atoms with E-state index in [0.29, 0.717) is 6.42 Å². The van der Waals surface area contributed by atoms with Gasteiger partial charge in [-0.25, -0.2) is 4.98 Å². The van der Waals surface area contributed by atoms with E-state index in [0.717, 1.165) is 18.7 Å². The number of aryl methyl sites for hydroxylation is 2. The molecule has 0 aliphatic heterocycles. The van der Waals surface area contributed by atoms with Gasteiger partial charge in [-0.2, -0.15) is 0 Å². The third kappa shape index (κ3) is 2.57. The Morgan fingerprint density at radius 1 is 1.53 bits per heavy atom. The molecule has 0 amide bonds. The van der Waals surface area contributed by atoms with Crippen molar-refractivity contribution in [3.05, 3.63) is 23.4 Å². The average Bonchev–Trinajstić information content (AvgIpc) is 2.73. The summed E-state index contributed by atoms with van der Waals surface area (Å²) in [7, 11) is 2.01. The number of rotatable bonds is 4. The Bertz CT molecular complexity index is 427. The van der Waals surface area contributed by atoms with Crippen molar-refractivity contribution >= 4 is 11.7 Å². The Labute approximate surface area is 102 Å². The van der Waals surface area contributed by atoms with E-state index < -0.39 is 0 Å². The third-order valence-electron chi connectivity index (χ3n) is 3.45. The van der Waals surface area contributed by atoms with Crippen molar-refractivity contribution in [3.63, 3.8) is 0 Å². The van der Waals surface area contributed by atoms with Crippen LogP contribution in [0.25, 0.3) is 0 Å². The van der Waals surface area contributed by atoms with Gasteiger partial charge in [-0.3, -0.25) is 5.41 Å². The molecule has 1 atom stereocenters. The minimum Gasteiger partial charge on any atom is -0.388 e. The zero-order chi connectivity index (χ0) is 12.4. The largest absolute Gasteiger partial charge is 0.388 e. The summed E-state index contributed by atoms with van der Waals surface area (Å²) in [4.78, 5) is 6.79. The molecule has 1 aromatic rings. The van der Waals surface area contributed by atoms with Crippen LogP contribution in [0, 0.1) is 5.41 Å². The predicted octanol–water partition coefficient (Wildman–Crippen LogP) is 1.72. The first-order chi connectivity index (χ1) is 8.08. The molecule has 92 valence electrons. The molecule has 0 spiro atoms. The van der Waals surface area contributed by atoms with Crippen LogP contribution in [0.5, 0.6) is 0 Å². The highest BCUT2D eigenvalue weighted by atomic mass is 15.2. The van der Waals surface area contributed by atoms with Gasteiger partial charge in [0.25, 0.3) is 0 Å². The lowest BCUT2D eigenvalue weighted by Crippen LogP contribution is -2.33. The lowest BCUT2D eigenvalue weighted by atomic mass is 10.2. The van der Waals surface area contributed by atoms with E-state index in [-0.39, 0.29) is 11.9 Å². The van der Waals surface area contributed by atoms with Crippen LogP contribution in [0.1, 0.15) is 31.0 Å². The zero-order valence-corrected chi connectivity index (χ0v) is 10.5. The monoisotopic (exact) mass is 232 g/mol. The molecule has 0 saturated heterocycles. The molecule has 2 rings (SSSR count). The first-order valence-electron chi connectivity index (χ1n) is 6.12. The van der Waals surface area contributed by atoms with Crippen LogP contribution >= 0.6 is 0 Å². The molecule has 0 aromatic carbocycles. The molecule has 17 heavy (non-hydrogen) atoms. The van der Waals surface area contributed by atoms with E-state index in [1.807, 2.05) is 7.05 Å². The first-order valence-corrected chi connectivity index (χ1v) is 6.12. The number of amidine groups is 1. The second-order valence-corrected chi connectivity index (χ2v) is 4.82. The van der Waals surface area contributed by atoms with Crippen molar-refractivity contribution in [2.75, 3.05) is 11.9 Å². The van der Waals surface area contributed by atoms with Crippen LogP contribution in [0.3, 0.4) is 0 Å². The number of nitrogens with one attached hydrogen (secondary N) is 1. The van der Waals surface area contributed by atoms with Gasteiger partial charge < -0.3 is 10.6 Å². The summed E-state index contributed by atoms with van der Waals surface area (Å²) in [5.41, 5.74) is 8.07. The highest BCUT2D eigenvalue weighted by Crippen LogP contribution is 2.23. The van der Waals surface area contributed by atoms with E-state index in [2.05, 4.69) is 24.0 Å². The maximum atomic E-state index is 7.33. The maximum Gasteiger partial charge on any atom is 0.128 e. The number of nitrogens with zero attached hydrogens (tertiary/aromatic N) is 2. The number of hydrogen-bond acceptors (Lipinski definition) is 3. The number of hydrogen-bond donors (Lipinski definition) is 2. The molecule has 4 nitrogen and oxygen atoms in total. The third-order valence-corrected chi connectivity index (χ3v) is 3.45. The Hall–Kier alpha value is -1.58. The Morgan fingerprint density at radius 2 is 2.29 bits per heavy atom. The molecular formula is C13H20N4. The van der Waals surface area contributed by atoms with Crippen LogP contribution < -0.4 is 10.6 Å². The van der Waals surface area contributed by atoms with Crippen molar-refractivity contribution in [3.8, 4) is 0 Å². The van der Waals surface area contributed by atoms with Gasteiger partial charge in [0.05, 0.1) is 5.84 Å². The fraction of sp³-hybridized carbons (Fsp3) is 0.538. The van der Waals surface area contributed by atoms with Crippen LogP contribution in [-0.2, 0) is 12.8 Å². The standard InChI is InChI=1S/C13H20N4/c1-9(8-12(14)15)17(2)13-7-6-10-4-3-5-11(10)16-13/h6-7,9H,3-5,8H2,1-2H3,(H3,14,15). The Morgan fingerprint density at radius 3 is 3.00 bits per heavy atom. The highest BCUT2D eigenvalue weighted by Gasteiger charge is 2.16. The van der Waals surface area contributed by atoms with Crippen LogP contribution in [0.4, 0.5) is 5.82 Å². The second-order valence-electron chi connectivity index (χ2n) is 4.82. The molecular weight excluding hydrogens is 212 g/mol. The summed E-state index contributed by atoms with van der Waals surface area (Å²) in [6.45, 7) is 2.07. The van der Waals surface area contributed by atoms with Crippen LogP contribution in [-0.4, -0.2) is 23.9 Å². The smallest absolute Gasteiger partial charge is 0.128 e. The van der Waals surface area contributed by atoms with Gasteiger partial charge in [0.1, 0.15) is 5.82 Å². The molecule has 0 fully saturated rings. The molecule has 0 saturated carbocycles. The number of aromatic nitrogens is 1. The molecule has 0 radical (unpaired) electrons. The molecule has 1 unspecified atom stereocenters. The molecule has 1 heterocycles. The lowest BCUT2D eigenvalue weighted by molar-refractivity contribution is 0.698. The van der Waals surface area contributed by atoms with Gasteiger partial charge in [-0.1, -0.05) is 6.07 Å². The van der Waals surface area contributed by atoms with E-state index in [1.54, 1.807) is 0 Å². The van der Waals surface area contributed by atoms with Gasteiger partial charge >= 0.3 is 0 Å². The fourth-order valence-electron chi connectivity index (χ4n) is 2.29. The minimum absolute atomic E-state index is 0.208. The number of fused-ring (bicyclic) bond motifs is 1.